The molecule has 0 unspecified atom stereocenters. The minimum absolute atomic E-state index is 0.0535. The zero-order valence-electron chi connectivity index (χ0n) is 14.2. The van der Waals surface area contributed by atoms with Gasteiger partial charge in [-0.1, -0.05) is 41.9 Å². The highest BCUT2D eigenvalue weighted by Gasteiger charge is 2.27. The van der Waals surface area contributed by atoms with Crippen molar-refractivity contribution in [3.05, 3.63) is 94.2 Å². The number of phenolic OH excluding ortho intramolecular Hbond substituents is 1. The van der Waals surface area contributed by atoms with E-state index in [-0.39, 0.29) is 17.3 Å². The third-order valence-electron chi connectivity index (χ3n) is 4.16. The number of benzene rings is 3. The SMILES string of the molecule is O=C1/C(=C/c2cccc(OCc3ccccc3Cl)c2)Oc2cc(O)ccc21. The van der Waals surface area contributed by atoms with Crippen LogP contribution in [0.25, 0.3) is 6.08 Å². The molecule has 0 saturated carbocycles. The molecule has 1 N–H and O–H groups in total. The van der Waals surface area contributed by atoms with Gasteiger partial charge in [0.25, 0.3) is 0 Å². The Balaban J connectivity index is 1.52. The number of carbonyl (C=O) groups excluding carboxylic acids is 1. The van der Waals surface area contributed by atoms with Gasteiger partial charge in [-0.05, 0) is 42.0 Å². The quantitative estimate of drug-likeness (QED) is 0.631. The number of allylic oxidation sites excluding steroid dienone is 1. The fourth-order valence-corrected chi connectivity index (χ4v) is 2.99. The zero-order valence-corrected chi connectivity index (χ0v) is 14.9. The second kappa shape index (κ2) is 7.17. The van der Waals surface area contributed by atoms with Crippen molar-refractivity contribution < 1.29 is 19.4 Å². The smallest absolute Gasteiger partial charge is 0.231 e. The summed E-state index contributed by atoms with van der Waals surface area (Å²) in [7, 11) is 0. The summed E-state index contributed by atoms with van der Waals surface area (Å²) < 4.78 is 11.4. The molecule has 1 aliphatic rings. The van der Waals surface area contributed by atoms with Gasteiger partial charge in [0, 0.05) is 16.7 Å². The molecule has 0 radical (unpaired) electrons. The molecular formula is C22H15ClO4. The Morgan fingerprint density at radius 1 is 1.04 bits per heavy atom. The van der Waals surface area contributed by atoms with Gasteiger partial charge >= 0.3 is 0 Å². The van der Waals surface area contributed by atoms with E-state index in [4.69, 9.17) is 21.1 Å². The number of ketones is 1. The molecular weight excluding hydrogens is 364 g/mol. The van der Waals surface area contributed by atoms with E-state index in [2.05, 4.69) is 0 Å². The second-order valence-electron chi connectivity index (χ2n) is 6.07. The summed E-state index contributed by atoms with van der Waals surface area (Å²) in [6.45, 7) is 0.347. The normalized spacial score (nSPS) is 14.1. The summed E-state index contributed by atoms with van der Waals surface area (Å²) in [5, 5.41) is 10.2. The molecule has 134 valence electrons. The Bertz CT molecular complexity index is 1060. The van der Waals surface area contributed by atoms with Crippen LogP contribution in [0.15, 0.2) is 72.5 Å². The van der Waals surface area contributed by atoms with E-state index >= 15 is 0 Å². The molecule has 0 amide bonds. The lowest BCUT2D eigenvalue weighted by atomic mass is 10.1. The molecule has 4 nitrogen and oxygen atoms in total. The molecule has 5 heteroatoms. The van der Waals surface area contributed by atoms with E-state index < -0.39 is 0 Å². The molecule has 0 atom stereocenters. The summed E-state index contributed by atoms with van der Waals surface area (Å²) in [4.78, 5) is 12.4. The van der Waals surface area contributed by atoms with Gasteiger partial charge in [-0.2, -0.15) is 0 Å². The highest BCUT2D eigenvalue weighted by molar-refractivity contribution is 6.31. The van der Waals surface area contributed by atoms with E-state index in [1.54, 1.807) is 12.1 Å². The first-order valence-corrected chi connectivity index (χ1v) is 8.71. The Kier molecular flexibility index (Phi) is 4.57. The molecule has 1 aliphatic heterocycles. The lowest BCUT2D eigenvalue weighted by Gasteiger charge is -2.08. The van der Waals surface area contributed by atoms with Crippen LogP contribution in [0.3, 0.4) is 0 Å². The Morgan fingerprint density at radius 2 is 1.89 bits per heavy atom. The second-order valence-corrected chi connectivity index (χ2v) is 6.48. The van der Waals surface area contributed by atoms with E-state index in [0.29, 0.717) is 28.7 Å². The maximum absolute atomic E-state index is 12.4. The van der Waals surface area contributed by atoms with Gasteiger partial charge in [-0.15, -0.1) is 0 Å². The van der Waals surface area contributed by atoms with Crippen molar-refractivity contribution in [1.29, 1.82) is 0 Å². The number of hydrogen-bond acceptors (Lipinski definition) is 4. The molecule has 1 heterocycles. The monoisotopic (exact) mass is 378 g/mol. The number of rotatable bonds is 4. The molecule has 3 aromatic rings. The van der Waals surface area contributed by atoms with Crippen molar-refractivity contribution in [2.45, 2.75) is 6.61 Å². The van der Waals surface area contributed by atoms with Crippen molar-refractivity contribution in [2.24, 2.45) is 0 Å². The van der Waals surface area contributed by atoms with Crippen LogP contribution in [0.4, 0.5) is 0 Å². The molecule has 0 aliphatic carbocycles. The van der Waals surface area contributed by atoms with Crippen LogP contribution in [-0.4, -0.2) is 10.9 Å². The summed E-state index contributed by atoms with van der Waals surface area (Å²) >= 11 is 6.15. The largest absolute Gasteiger partial charge is 0.508 e. The molecule has 27 heavy (non-hydrogen) atoms. The predicted molar refractivity (Wildman–Crippen MR) is 103 cm³/mol. The van der Waals surface area contributed by atoms with Gasteiger partial charge in [-0.3, -0.25) is 4.79 Å². The maximum Gasteiger partial charge on any atom is 0.231 e. The van der Waals surface area contributed by atoms with Gasteiger partial charge in [-0.25, -0.2) is 0 Å². The summed E-state index contributed by atoms with van der Waals surface area (Å²) in [6.07, 6.45) is 1.65. The minimum Gasteiger partial charge on any atom is -0.508 e. The van der Waals surface area contributed by atoms with Gasteiger partial charge in [0.1, 0.15) is 23.9 Å². The number of halogens is 1. The Labute approximate surface area is 161 Å². The maximum atomic E-state index is 12.4. The topological polar surface area (TPSA) is 55.8 Å². The third kappa shape index (κ3) is 3.66. The fraction of sp³-hybridized carbons (Fsp3) is 0.0455. The number of ether oxygens (including phenoxy) is 2. The molecule has 4 rings (SSSR count). The van der Waals surface area contributed by atoms with Gasteiger partial charge in [0.15, 0.2) is 5.76 Å². The molecule has 0 fully saturated rings. The molecule has 0 bridgehead atoms. The van der Waals surface area contributed by atoms with Crippen LogP contribution in [0.1, 0.15) is 21.5 Å². The average Bonchev–Trinajstić information content (AvgIpc) is 2.96. The van der Waals surface area contributed by atoms with Crippen LogP contribution >= 0.6 is 11.6 Å². The minimum atomic E-state index is -0.215. The molecule has 0 spiro atoms. The van der Waals surface area contributed by atoms with Crippen molar-refractivity contribution in [3.8, 4) is 17.2 Å². The van der Waals surface area contributed by atoms with Crippen LogP contribution in [0.2, 0.25) is 5.02 Å². The average molecular weight is 379 g/mol. The molecule has 0 saturated heterocycles. The van der Waals surface area contributed by atoms with Gasteiger partial charge < -0.3 is 14.6 Å². The number of aromatic hydroxyl groups is 1. The number of carbonyl (C=O) groups is 1. The van der Waals surface area contributed by atoms with E-state index in [1.807, 2.05) is 48.5 Å². The van der Waals surface area contributed by atoms with E-state index in [0.717, 1.165) is 11.1 Å². The van der Waals surface area contributed by atoms with Crippen molar-refractivity contribution in [1.82, 2.24) is 0 Å². The van der Waals surface area contributed by atoms with Gasteiger partial charge in [0.2, 0.25) is 5.78 Å². The van der Waals surface area contributed by atoms with Crippen molar-refractivity contribution >= 4 is 23.5 Å². The number of phenols is 1. The van der Waals surface area contributed by atoms with Gasteiger partial charge in [0.05, 0.1) is 5.56 Å². The highest BCUT2D eigenvalue weighted by atomic mass is 35.5. The first kappa shape index (κ1) is 17.2. The first-order valence-electron chi connectivity index (χ1n) is 8.34. The van der Waals surface area contributed by atoms with Crippen LogP contribution in [0.5, 0.6) is 17.2 Å². The number of fused-ring (bicyclic) bond motifs is 1. The number of hydrogen-bond donors (Lipinski definition) is 1. The zero-order chi connectivity index (χ0) is 18.8. The number of Topliss-reactive ketones (excluding diaryl/α,β-unsaturated/α-hetero) is 1. The van der Waals surface area contributed by atoms with Crippen LogP contribution < -0.4 is 9.47 Å². The summed E-state index contributed by atoms with van der Waals surface area (Å²) in [5.41, 5.74) is 2.10. The Morgan fingerprint density at radius 3 is 2.74 bits per heavy atom. The van der Waals surface area contributed by atoms with Crippen molar-refractivity contribution in [3.63, 3.8) is 0 Å². The van der Waals surface area contributed by atoms with Crippen molar-refractivity contribution in [2.75, 3.05) is 0 Å². The lowest BCUT2D eigenvalue weighted by molar-refractivity contribution is 0.101. The summed E-state index contributed by atoms with van der Waals surface area (Å²) in [5.74, 6) is 1.06. The summed E-state index contributed by atoms with van der Waals surface area (Å²) in [6, 6.07) is 19.3. The highest BCUT2D eigenvalue weighted by Crippen LogP contribution is 2.34. The Hall–Kier alpha value is -3.24. The lowest BCUT2D eigenvalue weighted by Crippen LogP contribution is -1.99. The fourth-order valence-electron chi connectivity index (χ4n) is 2.80. The molecule has 0 aromatic heterocycles. The van der Waals surface area contributed by atoms with Crippen LogP contribution in [0, 0.1) is 0 Å². The third-order valence-corrected chi connectivity index (χ3v) is 4.53. The predicted octanol–water partition coefficient (Wildman–Crippen LogP) is 5.24. The first-order chi connectivity index (χ1) is 13.1. The molecule has 3 aromatic carbocycles. The van der Waals surface area contributed by atoms with Crippen LogP contribution in [-0.2, 0) is 6.61 Å². The van der Waals surface area contributed by atoms with E-state index in [1.165, 1.54) is 12.1 Å². The van der Waals surface area contributed by atoms with E-state index in [9.17, 15) is 9.90 Å². The standard InChI is InChI=1S/C22H15ClO4/c23-19-7-2-1-5-15(19)13-26-17-6-3-4-14(10-17)11-21-22(25)18-9-8-16(24)12-20(18)27-21/h1-12,24H,13H2/b21-11-.